The molecule has 11 heteroatoms. The van der Waals surface area contributed by atoms with E-state index in [9.17, 15) is 9.59 Å². The molecule has 248 valence electrons. The molecule has 0 spiro atoms. The topological polar surface area (TPSA) is 104 Å². The molecule has 3 heterocycles. The third-order valence-electron chi connectivity index (χ3n) is 8.56. The van der Waals surface area contributed by atoms with Crippen molar-refractivity contribution < 1.29 is 18.7 Å². The highest BCUT2D eigenvalue weighted by Gasteiger charge is 2.28. The summed E-state index contributed by atoms with van der Waals surface area (Å²) < 4.78 is 22.2. The van der Waals surface area contributed by atoms with Gasteiger partial charge in [-0.2, -0.15) is 0 Å². The molecule has 0 saturated carbocycles. The fourth-order valence-corrected chi connectivity index (χ4v) is 6.84. The zero-order valence-electron chi connectivity index (χ0n) is 27.1. The van der Waals surface area contributed by atoms with Crippen LogP contribution < -0.4 is 15.8 Å². The first kappa shape index (κ1) is 33.2. The van der Waals surface area contributed by atoms with Crippen LogP contribution in [0.2, 0.25) is 0 Å². The number of amides is 2. The number of rotatable bonds is 12. The van der Waals surface area contributed by atoms with Crippen molar-refractivity contribution in [1.82, 2.24) is 19.7 Å². The Hall–Kier alpha value is -4.68. The molecule has 0 aliphatic carbocycles. The summed E-state index contributed by atoms with van der Waals surface area (Å²) in [5, 5.41) is 2.66. The first-order valence-electron chi connectivity index (χ1n) is 15.9. The Labute approximate surface area is 283 Å². The minimum atomic E-state index is -1.38. The van der Waals surface area contributed by atoms with Gasteiger partial charge in [-0.05, 0) is 61.1 Å². The number of nitrogens with zero attached hydrogens (tertiary/aromatic N) is 4. The molecule has 2 amide bonds. The number of hydrogen-bond acceptors (Lipinski definition) is 8. The molecule has 3 N–H and O–H groups in total. The van der Waals surface area contributed by atoms with Gasteiger partial charge >= 0.3 is 0 Å². The number of pyridine rings is 1. The van der Waals surface area contributed by atoms with E-state index in [1.807, 2.05) is 6.07 Å². The number of halogens is 1. The lowest BCUT2D eigenvalue weighted by atomic mass is 9.97. The first-order valence-corrected chi connectivity index (χ1v) is 16.7. The number of piperazine rings is 1. The van der Waals surface area contributed by atoms with E-state index in [4.69, 9.17) is 10.5 Å². The van der Waals surface area contributed by atoms with Gasteiger partial charge in [-0.15, -0.1) is 11.3 Å². The number of carbonyl (C=O) groups is 2. The summed E-state index contributed by atoms with van der Waals surface area (Å²) in [4.78, 5) is 37.9. The molecule has 0 radical (unpaired) electrons. The molecule has 5 aromatic rings. The number of anilines is 1. The number of hydrogen-bond donors (Lipinski definition) is 2. The van der Waals surface area contributed by atoms with E-state index >= 15 is 4.39 Å². The number of para-hydroxylation sites is 1. The molecule has 1 unspecified atom stereocenters. The predicted molar refractivity (Wildman–Crippen MR) is 189 cm³/mol. The van der Waals surface area contributed by atoms with Crippen LogP contribution in [0.1, 0.15) is 17.0 Å². The smallest absolute Gasteiger partial charge is 0.241 e. The molecule has 6 rings (SSSR count). The molecule has 9 nitrogen and oxygen atoms in total. The van der Waals surface area contributed by atoms with Crippen molar-refractivity contribution in [2.45, 2.75) is 12.5 Å². The van der Waals surface area contributed by atoms with E-state index in [1.54, 1.807) is 42.6 Å². The largest absolute Gasteiger partial charge is 0.453 e. The number of aromatic nitrogens is 1. The highest BCUT2D eigenvalue weighted by Crippen LogP contribution is 2.40. The zero-order valence-corrected chi connectivity index (χ0v) is 27.9. The van der Waals surface area contributed by atoms with Crippen molar-refractivity contribution in [3.63, 3.8) is 0 Å². The lowest BCUT2D eigenvalue weighted by molar-refractivity contribution is -0.127. The van der Waals surface area contributed by atoms with Crippen LogP contribution in [0.3, 0.4) is 0 Å². The quantitative estimate of drug-likeness (QED) is 0.163. The predicted octanol–water partition coefficient (Wildman–Crippen LogP) is 5.78. The van der Waals surface area contributed by atoms with Crippen LogP contribution in [-0.2, 0) is 16.1 Å². The molecule has 1 fully saturated rings. The number of nitrogens with one attached hydrogen (secondary N) is 1. The van der Waals surface area contributed by atoms with Crippen LogP contribution in [0, 0.1) is 5.82 Å². The Morgan fingerprint density at radius 1 is 1.00 bits per heavy atom. The second-order valence-corrected chi connectivity index (χ2v) is 13.2. The van der Waals surface area contributed by atoms with Gasteiger partial charge in [0.2, 0.25) is 11.8 Å². The van der Waals surface area contributed by atoms with Gasteiger partial charge in [0.1, 0.15) is 11.7 Å². The first-order chi connectivity index (χ1) is 23.2. The fourth-order valence-electron chi connectivity index (χ4n) is 5.76. The summed E-state index contributed by atoms with van der Waals surface area (Å²) >= 11 is 1.52. The molecular formula is C37H39FN6O3S. The second-order valence-electron chi connectivity index (χ2n) is 12.2. The molecular weight excluding hydrogens is 628 g/mol. The Morgan fingerprint density at radius 2 is 1.75 bits per heavy atom. The number of thiophene rings is 1. The lowest BCUT2D eigenvalue weighted by Crippen LogP contribution is -2.46. The van der Waals surface area contributed by atoms with Gasteiger partial charge in [-0.25, -0.2) is 4.39 Å². The van der Waals surface area contributed by atoms with Crippen molar-refractivity contribution >= 4 is 39.1 Å². The molecule has 3 aromatic carbocycles. The maximum Gasteiger partial charge on any atom is 0.241 e. The Balaban J connectivity index is 1.12. The Kier molecular flexibility index (Phi) is 10.4. The molecule has 1 aliphatic heterocycles. The number of fused-ring (bicyclic) bond motifs is 1. The van der Waals surface area contributed by atoms with E-state index in [0.29, 0.717) is 11.4 Å². The molecule has 1 atom stereocenters. The van der Waals surface area contributed by atoms with Crippen LogP contribution in [0.15, 0.2) is 91.1 Å². The van der Waals surface area contributed by atoms with Crippen LogP contribution >= 0.6 is 11.3 Å². The summed E-state index contributed by atoms with van der Waals surface area (Å²) in [5.41, 5.74) is 9.24. The van der Waals surface area contributed by atoms with Gasteiger partial charge < -0.3 is 25.6 Å². The molecule has 1 aliphatic rings. The summed E-state index contributed by atoms with van der Waals surface area (Å²) in [6.07, 6.45) is 1.62. The molecule has 1 saturated heterocycles. The summed E-state index contributed by atoms with van der Waals surface area (Å²) in [6, 6.07) is 24.9. The zero-order chi connectivity index (χ0) is 33.6. The van der Waals surface area contributed by atoms with Crippen molar-refractivity contribution in [2.24, 2.45) is 5.73 Å². The van der Waals surface area contributed by atoms with Crippen molar-refractivity contribution in [1.29, 1.82) is 0 Å². The van der Waals surface area contributed by atoms with Gasteiger partial charge in [0.15, 0.2) is 11.6 Å². The maximum atomic E-state index is 15.4. The highest BCUT2D eigenvalue weighted by molar-refractivity contribution is 7.22. The average Bonchev–Trinajstić information content (AvgIpc) is 3.52. The standard InChI is InChI=1S/C37H39FN6O3S/c1-42-16-19-44(20-17-42)21-18-43(2)24-25-8-10-26(11-9-25)33-23-30-35(48-33)32(14-15-40-30)47-31-13-12-27(22-29(31)38)34(36(39)45)37(46)41-28-6-4-3-5-7-28/h3-15,22-23,34H,16-21,24H2,1-2H3,(H2,39,45)(H,41,46). The minimum absolute atomic E-state index is 0.0472. The Bertz CT molecular complexity index is 1880. The van der Waals surface area contributed by atoms with E-state index in [2.05, 4.69) is 63.4 Å². The number of benzene rings is 3. The van der Waals surface area contributed by atoms with E-state index in [0.717, 1.165) is 72.5 Å². The van der Waals surface area contributed by atoms with Crippen molar-refractivity contribution in [3.8, 4) is 21.9 Å². The Morgan fingerprint density at radius 3 is 2.46 bits per heavy atom. The van der Waals surface area contributed by atoms with Crippen LogP contribution in [-0.4, -0.2) is 84.9 Å². The average molecular weight is 667 g/mol. The minimum Gasteiger partial charge on any atom is -0.453 e. The third kappa shape index (κ3) is 8.06. The van der Waals surface area contributed by atoms with Crippen LogP contribution in [0.5, 0.6) is 11.5 Å². The third-order valence-corrected chi connectivity index (χ3v) is 9.75. The van der Waals surface area contributed by atoms with Crippen LogP contribution in [0.25, 0.3) is 20.7 Å². The SMILES string of the molecule is CN1CCN(CCN(C)Cc2ccc(-c3cc4nccc(Oc5ccc(C(C(N)=O)C(=O)Nc6ccccc6)cc5F)c4s3)cc2)CC1. The highest BCUT2D eigenvalue weighted by atomic mass is 32.1. The number of likely N-dealkylation sites (N-methyl/N-ethyl adjacent to an activating group) is 2. The van der Waals surface area contributed by atoms with Crippen molar-refractivity contribution in [3.05, 3.63) is 108 Å². The van der Waals surface area contributed by atoms with Gasteiger partial charge in [-0.3, -0.25) is 19.5 Å². The van der Waals surface area contributed by atoms with E-state index in [-0.39, 0.29) is 11.3 Å². The van der Waals surface area contributed by atoms with E-state index in [1.165, 1.54) is 29.0 Å². The molecule has 2 aromatic heterocycles. The number of nitrogens with two attached hydrogens (primary N) is 1. The number of carbonyl (C=O) groups excluding carboxylic acids is 2. The fraction of sp³-hybridized carbons (Fsp3) is 0.270. The monoisotopic (exact) mass is 666 g/mol. The summed E-state index contributed by atoms with van der Waals surface area (Å²) in [7, 11) is 4.34. The molecule has 48 heavy (non-hydrogen) atoms. The second kappa shape index (κ2) is 15.0. The van der Waals surface area contributed by atoms with Crippen LogP contribution in [0.4, 0.5) is 10.1 Å². The van der Waals surface area contributed by atoms with E-state index < -0.39 is 23.5 Å². The van der Waals surface area contributed by atoms with Gasteiger partial charge in [0, 0.05) is 68.6 Å². The van der Waals surface area contributed by atoms with Gasteiger partial charge in [-0.1, -0.05) is 48.5 Å². The van der Waals surface area contributed by atoms with Gasteiger partial charge in [0.25, 0.3) is 0 Å². The summed E-state index contributed by atoms with van der Waals surface area (Å²) in [6.45, 7) is 7.50. The number of ether oxygens (including phenoxy) is 1. The normalized spacial score (nSPS) is 14.7. The maximum absolute atomic E-state index is 15.4. The molecule has 0 bridgehead atoms. The summed E-state index contributed by atoms with van der Waals surface area (Å²) in [5.74, 6) is -3.24. The lowest BCUT2D eigenvalue weighted by Gasteiger charge is -2.33. The van der Waals surface area contributed by atoms with Gasteiger partial charge in [0.05, 0.1) is 10.2 Å². The number of primary amides is 1. The van der Waals surface area contributed by atoms with Crippen molar-refractivity contribution in [2.75, 3.05) is 58.7 Å².